The predicted molar refractivity (Wildman–Crippen MR) is 66.5 cm³/mol. The SMILES string of the molecule is COC(=O)OC1(C#CC(C)(C)C)CCCCC1. The first kappa shape index (κ1) is 13.9. The van der Waals surface area contributed by atoms with E-state index in [0.717, 1.165) is 25.7 Å². The zero-order valence-electron chi connectivity index (χ0n) is 11.3. The third-order valence-electron chi connectivity index (χ3n) is 2.77. The van der Waals surface area contributed by atoms with Crippen LogP contribution in [0, 0.1) is 17.3 Å². The van der Waals surface area contributed by atoms with Crippen LogP contribution in [-0.2, 0) is 9.47 Å². The highest BCUT2D eigenvalue weighted by Gasteiger charge is 2.35. The standard InChI is InChI=1S/C14H22O3/c1-13(2,3)10-11-14(17-12(15)16-4)8-6-5-7-9-14/h5-9H2,1-4H3. The second-order valence-electron chi connectivity index (χ2n) is 5.61. The van der Waals surface area contributed by atoms with Crippen molar-refractivity contribution < 1.29 is 14.3 Å². The van der Waals surface area contributed by atoms with Gasteiger partial charge in [0.1, 0.15) is 0 Å². The zero-order chi connectivity index (χ0) is 12.9. The lowest BCUT2D eigenvalue weighted by Gasteiger charge is -2.31. The molecule has 0 unspecified atom stereocenters. The van der Waals surface area contributed by atoms with Crippen LogP contribution in [0.1, 0.15) is 52.9 Å². The van der Waals surface area contributed by atoms with Gasteiger partial charge in [-0.25, -0.2) is 4.79 Å². The highest BCUT2D eigenvalue weighted by atomic mass is 16.7. The van der Waals surface area contributed by atoms with Gasteiger partial charge in [-0.05, 0) is 46.5 Å². The van der Waals surface area contributed by atoms with Gasteiger partial charge in [-0.2, -0.15) is 0 Å². The van der Waals surface area contributed by atoms with E-state index in [1.54, 1.807) is 0 Å². The van der Waals surface area contributed by atoms with Crippen molar-refractivity contribution in [2.75, 3.05) is 7.11 Å². The van der Waals surface area contributed by atoms with Crippen LogP contribution < -0.4 is 0 Å². The Hall–Kier alpha value is -1.17. The van der Waals surface area contributed by atoms with E-state index in [1.165, 1.54) is 13.5 Å². The number of hydrogen-bond acceptors (Lipinski definition) is 3. The number of carbonyl (C=O) groups is 1. The lowest BCUT2D eigenvalue weighted by molar-refractivity contribution is -0.0137. The van der Waals surface area contributed by atoms with Crippen LogP contribution in [0.5, 0.6) is 0 Å². The van der Waals surface area contributed by atoms with Gasteiger partial charge in [-0.1, -0.05) is 18.3 Å². The molecule has 1 saturated carbocycles. The van der Waals surface area contributed by atoms with Crippen molar-refractivity contribution >= 4 is 6.16 Å². The second-order valence-corrected chi connectivity index (χ2v) is 5.61. The molecule has 0 aliphatic heterocycles. The molecule has 0 aromatic heterocycles. The number of methoxy groups -OCH3 is 1. The van der Waals surface area contributed by atoms with Crippen molar-refractivity contribution in [2.45, 2.75) is 58.5 Å². The summed E-state index contributed by atoms with van der Waals surface area (Å²) in [7, 11) is 1.33. The van der Waals surface area contributed by atoms with E-state index >= 15 is 0 Å². The van der Waals surface area contributed by atoms with Crippen LogP contribution in [0.3, 0.4) is 0 Å². The van der Waals surface area contributed by atoms with E-state index in [-0.39, 0.29) is 5.41 Å². The Morgan fingerprint density at radius 3 is 2.24 bits per heavy atom. The first-order valence-electron chi connectivity index (χ1n) is 6.18. The molecule has 0 saturated heterocycles. The Morgan fingerprint density at radius 1 is 1.18 bits per heavy atom. The summed E-state index contributed by atoms with van der Waals surface area (Å²) in [6.07, 6.45) is 4.28. The molecule has 96 valence electrons. The van der Waals surface area contributed by atoms with Gasteiger partial charge < -0.3 is 9.47 Å². The van der Waals surface area contributed by atoms with Crippen LogP contribution in [0.2, 0.25) is 0 Å². The normalized spacial score (nSPS) is 18.8. The summed E-state index contributed by atoms with van der Waals surface area (Å²) in [5, 5.41) is 0. The van der Waals surface area contributed by atoms with Crippen molar-refractivity contribution in [1.29, 1.82) is 0 Å². The Morgan fingerprint density at radius 2 is 1.76 bits per heavy atom. The van der Waals surface area contributed by atoms with Gasteiger partial charge >= 0.3 is 6.16 Å². The molecule has 3 heteroatoms. The molecule has 0 amide bonds. The third kappa shape index (κ3) is 4.68. The van der Waals surface area contributed by atoms with Gasteiger partial charge in [0.15, 0.2) is 5.60 Å². The average molecular weight is 238 g/mol. The molecular formula is C14H22O3. The maximum absolute atomic E-state index is 11.3. The summed E-state index contributed by atoms with van der Waals surface area (Å²) >= 11 is 0. The van der Waals surface area contributed by atoms with Gasteiger partial charge in [0.25, 0.3) is 0 Å². The smallest absolute Gasteiger partial charge is 0.438 e. The fraction of sp³-hybridized carbons (Fsp3) is 0.786. The van der Waals surface area contributed by atoms with Gasteiger partial charge in [0.05, 0.1) is 7.11 Å². The number of hydrogen-bond donors (Lipinski definition) is 0. The highest BCUT2D eigenvalue weighted by Crippen LogP contribution is 2.32. The molecule has 1 aliphatic rings. The molecule has 0 spiro atoms. The second kappa shape index (κ2) is 5.44. The summed E-state index contributed by atoms with van der Waals surface area (Å²) in [5.41, 5.74) is -0.706. The van der Waals surface area contributed by atoms with Crippen LogP contribution >= 0.6 is 0 Å². The molecule has 3 nitrogen and oxygen atoms in total. The van der Waals surface area contributed by atoms with E-state index in [0.29, 0.717) is 0 Å². The number of carbonyl (C=O) groups excluding carboxylic acids is 1. The van der Waals surface area contributed by atoms with Gasteiger partial charge in [-0.15, -0.1) is 0 Å². The quantitative estimate of drug-likeness (QED) is 0.518. The Labute approximate surface area is 104 Å². The van der Waals surface area contributed by atoms with E-state index in [4.69, 9.17) is 4.74 Å². The van der Waals surface area contributed by atoms with Gasteiger partial charge in [0, 0.05) is 5.41 Å². The highest BCUT2D eigenvalue weighted by molar-refractivity contribution is 5.61. The van der Waals surface area contributed by atoms with Crippen molar-refractivity contribution in [2.24, 2.45) is 5.41 Å². The fourth-order valence-electron chi connectivity index (χ4n) is 1.88. The minimum absolute atomic E-state index is 0.0794. The monoisotopic (exact) mass is 238 g/mol. The summed E-state index contributed by atoms with van der Waals surface area (Å²) in [6, 6.07) is 0. The third-order valence-corrected chi connectivity index (χ3v) is 2.77. The largest absolute Gasteiger partial charge is 0.509 e. The van der Waals surface area contributed by atoms with E-state index < -0.39 is 11.8 Å². The molecule has 0 aromatic rings. The Bertz CT molecular complexity index is 322. The first-order chi connectivity index (χ1) is 7.87. The molecule has 0 bridgehead atoms. The minimum atomic E-state index is -0.630. The molecule has 0 atom stereocenters. The lowest BCUT2D eigenvalue weighted by atomic mass is 9.84. The van der Waals surface area contributed by atoms with Crippen molar-refractivity contribution in [1.82, 2.24) is 0 Å². The lowest BCUT2D eigenvalue weighted by Crippen LogP contribution is -2.36. The van der Waals surface area contributed by atoms with Gasteiger partial charge in [0.2, 0.25) is 0 Å². The number of ether oxygens (including phenoxy) is 2. The van der Waals surface area contributed by atoms with Crippen molar-refractivity contribution in [3.63, 3.8) is 0 Å². The van der Waals surface area contributed by atoms with Crippen LogP contribution in [0.15, 0.2) is 0 Å². The summed E-state index contributed by atoms with van der Waals surface area (Å²) in [5.74, 6) is 6.35. The van der Waals surface area contributed by atoms with E-state index in [9.17, 15) is 4.79 Å². The Balaban J connectivity index is 2.84. The molecule has 1 rings (SSSR count). The van der Waals surface area contributed by atoms with Crippen LogP contribution in [0.25, 0.3) is 0 Å². The molecule has 0 N–H and O–H groups in total. The molecule has 17 heavy (non-hydrogen) atoms. The maximum Gasteiger partial charge on any atom is 0.509 e. The van der Waals surface area contributed by atoms with Crippen molar-refractivity contribution in [3.05, 3.63) is 0 Å². The fourth-order valence-corrected chi connectivity index (χ4v) is 1.88. The number of rotatable bonds is 1. The summed E-state index contributed by atoms with van der Waals surface area (Å²) in [6.45, 7) is 6.15. The summed E-state index contributed by atoms with van der Waals surface area (Å²) < 4.78 is 9.97. The molecule has 1 aliphatic carbocycles. The van der Waals surface area contributed by atoms with Gasteiger partial charge in [-0.3, -0.25) is 0 Å². The van der Waals surface area contributed by atoms with Crippen LogP contribution in [-0.4, -0.2) is 18.9 Å². The topological polar surface area (TPSA) is 35.5 Å². The van der Waals surface area contributed by atoms with Crippen molar-refractivity contribution in [3.8, 4) is 11.8 Å². The maximum atomic E-state index is 11.3. The molecule has 1 fully saturated rings. The molecule has 0 aromatic carbocycles. The predicted octanol–water partition coefficient (Wildman–Crippen LogP) is 3.52. The zero-order valence-corrected chi connectivity index (χ0v) is 11.3. The molecule has 0 heterocycles. The van der Waals surface area contributed by atoms with E-state index in [1.807, 2.05) is 0 Å². The summed E-state index contributed by atoms with van der Waals surface area (Å²) in [4.78, 5) is 11.3. The first-order valence-corrected chi connectivity index (χ1v) is 6.18. The Kier molecular flexibility index (Phi) is 4.45. The molecule has 0 radical (unpaired) electrons. The average Bonchev–Trinajstić information content (AvgIpc) is 2.27. The van der Waals surface area contributed by atoms with Crippen LogP contribution in [0.4, 0.5) is 4.79 Å². The molecular weight excluding hydrogens is 216 g/mol. The van der Waals surface area contributed by atoms with E-state index in [2.05, 4.69) is 37.3 Å². The minimum Gasteiger partial charge on any atom is -0.438 e.